The van der Waals surface area contributed by atoms with Crippen LogP contribution in [0.25, 0.3) is 0 Å². The molecule has 0 aliphatic carbocycles. The highest BCUT2D eigenvalue weighted by Gasteiger charge is 2.32. The van der Waals surface area contributed by atoms with Gasteiger partial charge in [-0.05, 0) is 18.4 Å². The van der Waals surface area contributed by atoms with Crippen LogP contribution in [0.5, 0.6) is 11.5 Å². The molecule has 0 radical (unpaired) electrons. The Bertz CT molecular complexity index is 432. The minimum Gasteiger partial charge on any atom is -0.493 e. The van der Waals surface area contributed by atoms with Crippen molar-refractivity contribution in [2.45, 2.75) is 12.5 Å². The second-order valence-corrected chi connectivity index (χ2v) is 5.42. The molecule has 1 heterocycles. The molecule has 0 saturated carbocycles. The van der Waals surface area contributed by atoms with Gasteiger partial charge in [0.15, 0.2) is 11.5 Å². The Labute approximate surface area is 118 Å². The third-order valence-corrected chi connectivity index (χ3v) is 3.70. The van der Waals surface area contributed by atoms with E-state index in [1.165, 1.54) is 0 Å². The first-order valence-electron chi connectivity index (χ1n) is 6.31. The first kappa shape index (κ1) is 14.1. The van der Waals surface area contributed by atoms with Gasteiger partial charge in [0.25, 0.3) is 0 Å². The lowest BCUT2D eigenvalue weighted by Gasteiger charge is -2.39. The molecule has 1 aliphatic heterocycles. The molecule has 0 aromatic heterocycles. The summed E-state index contributed by atoms with van der Waals surface area (Å²) in [4.78, 5) is 13.6. The maximum Gasteiger partial charge on any atom is 0.223 e. The average molecular weight is 281 g/mol. The fraction of sp³-hybridized carbons (Fsp3) is 0.500. The third-order valence-electron chi connectivity index (χ3n) is 3.08. The minimum absolute atomic E-state index is 0.0783. The number of para-hydroxylation sites is 2. The molecular formula is C14H19NO3S. The minimum atomic E-state index is 0.0783. The summed E-state index contributed by atoms with van der Waals surface area (Å²) in [6.07, 6.45) is 2.70. The van der Waals surface area contributed by atoms with E-state index in [9.17, 15) is 4.79 Å². The van der Waals surface area contributed by atoms with Gasteiger partial charge < -0.3 is 14.4 Å². The Morgan fingerprint density at radius 3 is 2.68 bits per heavy atom. The van der Waals surface area contributed by atoms with Crippen molar-refractivity contribution < 1.29 is 14.3 Å². The molecule has 0 unspecified atom stereocenters. The maximum absolute atomic E-state index is 11.7. The Morgan fingerprint density at radius 1 is 1.37 bits per heavy atom. The van der Waals surface area contributed by atoms with Crippen molar-refractivity contribution in [2.75, 3.05) is 32.2 Å². The van der Waals surface area contributed by atoms with E-state index >= 15 is 0 Å². The van der Waals surface area contributed by atoms with Gasteiger partial charge in [0.1, 0.15) is 6.10 Å². The van der Waals surface area contributed by atoms with Crippen molar-refractivity contribution >= 4 is 17.7 Å². The van der Waals surface area contributed by atoms with E-state index in [2.05, 4.69) is 0 Å². The predicted octanol–water partition coefficient (Wildman–Crippen LogP) is 2.04. The number of hydrogen-bond acceptors (Lipinski definition) is 4. The molecule has 1 saturated heterocycles. The monoisotopic (exact) mass is 281 g/mol. The molecule has 1 aliphatic rings. The molecule has 0 bridgehead atoms. The second kappa shape index (κ2) is 6.70. The highest BCUT2D eigenvalue weighted by molar-refractivity contribution is 7.98. The molecule has 2 rings (SSSR count). The van der Waals surface area contributed by atoms with Gasteiger partial charge >= 0.3 is 0 Å². The fourth-order valence-electron chi connectivity index (χ4n) is 1.96. The molecule has 1 amide bonds. The van der Waals surface area contributed by atoms with Crippen LogP contribution < -0.4 is 9.47 Å². The van der Waals surface area contributed by atoms with Gasteiger partial charge in [-0.1, -0.05) is 12.1 Å². The van der Waals surface area contributed by atoms with Crippen molar-refractivity contribution in [2.24, 2.45) is 0 Å². The zero-order chi connectivity index (χ0) is 13.7. The molecule has 0 N–H and O–H groups in total. The van der Waals surface area contributed by atoms with Crippen LogP contribution in [0.2, 0.25) is 0 Å². The Kier molecular flexibility index (Phi) is 4.96. The summed E-state index contributed by atoms with van der Waals surface area (Å²) in [5, 5.41) is 0. The topological polar surface area (TPSA) is 38.8 Å². The lowest BCUT2D eigenvalue weighted by Crippen LogP contribution is -2.56. The molecule has 4 nitrogen and oxygen atoms in total. The lowest BCUT2D eigenvalue weighted by atomic mass is 10.1. The van der Waals surface area contributed by atoms with Crippen LogP contribution >= 0.6 is 11.8 Å². The Balaban J connectivity index is 1.80. The van der Waals surface area contributed by atoms with Crippen LogP contribution in [0, 0.1) is 0 Å². The van der Waals surface area contributed by atoms with Gasteiger partial charge in [0, 0.05) is 12.2 Å². The standard InChI is InChI=1S/C14H19NO3S/c1-17-12-5-3-4-6-13(12)18-11-9-15(10-11)14(16)7-8-19-2/h3-6,11H,7-10H2,1-2H3. The van der Waals surface area contributed by atoms with Crippen LogP contribution in [0.3, 0.4) is 0 Å². The van der Waals surface area contributed by atoms with Crippen LogP contribution in [0.4, 0.5) is 0 Å². The number of likely N-dealkylation sites (tertiary alicyclic amines) is 1. The average Bonchev–Trinajstić information content (AvgIpc) is 2.40. The van der Waals surface area contributed by atoms with Gasteiger partial charge in [-0.15, -0.1) is 0 Å². The van der Waals surface area contributed by atoms with E-state index in [0.717, 1.165) is 17.3 Å². The quantitative estimate of drug-likeness (QED) is 0.800. The summed E-state index contributed by atoms with van der Waals surface area (Å²) < 4.78 is 11.1. The van der Waals surface area contributed by atoms with Crippen LogP contribution in [-0.4, -0.2) is 49.1 Å². The van der Waals surface area contributed by atoms with Gasteiger partial charge in [0.2, 0.25) is 5.91 Å². The van der Waals surface area contributed by atoms with Crippen molar-refractivity contribution in [1.82, 2.24) is 4.90 Å². The van der Waals surface area contributed by atoms with Gasteiger partial charge in [-0.25, -0.2) is 0 Å². The number of methoxy groups -OCH3 is 1. The van der Waals surface area contributed by atoms with E-state index in [1.807, 2.05) is 35.4 Å². The smallest absolute Gasteiger partial charge is 0.223 e. The maximum atomic E-state index is 11.7. The van der Waals surface area contributed by atoms with E-state index in [-0.39, 0.29) is 12.0 Å². The lowest BCUT2D eigenvalue weighted by molar-refractivity contribution is -0.139. The zero-order valence-electron chi connectivity index (χ0n) is 11.3. The van der Waals surface area contributed by atoms with Crippen molar-refractivity contribution in [3.05, 3.63) is 24.3 Å². The summed E-state index contributed by atoms with van der Waals surface area (Å²) >= 11 is 1.70. The number of carbonyl (C=O) groups excluding carboxylic acids is 1. The normalized spacial score (nSPS) is 14.9. The Hall–Kier alpha value is -1.36. The van der Waals surface area contributed by atoms with Crippen LogP contribution in [-0.2, 0) is 4.79 Å². The molecule has 104 valence electrons. The summed E-state index contributed by atoms with van der Waals surface area (Å²) in [5.41, 5.74) is 0. The number of ether oxygens (including phenoxy) is 2. The second-order valence-electron chi connectivity index (χ2n) is 4.43. The number of thioether (sulfide) groups is 1. The molecule has 0 spiro atoms. The van der Waals surface area contributed by atoms with Crippen molar-refractivity contribution in [3.63, 3.8) is 0 Å². The van der Waals surface area contributed by atoms with Crippen LogP contribution in [0.15, 0.2) is 24.3 Å². The Morgan fingerprint density at radius 2 is 2.05 bits per heavy atom. The highest BCUT2D eigenvalue weighted by atomic mass is 32.2. The molecule has 5 heteroatoms. The van der Waals surface area contributed by atoms with Crippen molar-refractivity contribution in [1.29, 1.82) is 0 Å². The molecule has 1 aromatic carbocycles. The molecule has 1 fully saturated rings. The number of benzene rings is 1. The number of carbonyl (C=O) groups is 1. The van der Waals surface area contributed by atoms with Gasteiger partial charge in [-0.2, -0.15) is 11.8 Å². The summed E-state index contributed by atoms with van der Waals surface area (Å²) in [5.74, 6) is 2.57. The zero-order valence-corrected chi connectivity index (χ0v) is 12.1. The van der Waals surface area contributed by atoms with E-state index in [4.69, 9.17) is 9.47 Å². The predicted molar refractivity (Wildman–Crippen MR) is 77.0 cm³/mol. The number of rotatable bonds is 6. The summed E-state index contributed by atoms with van der Waals surface area (Å²) in [7, 11) is 1.63. The first-order valence-corrected chi connectivity index (χ1v) is 7.70. The van der Waals surface area contributed by atoms with E-state index in [0.29, 0.717) is 19.5 Å². The molecule has 1 aromatic rings. The van der Waals surface area contributed by atoms with E-state index in [1.54, 1.807) is 18.9 Å². The van der Waals surface area contributed by atoms with Gasteiger partial charge in [-0.3, -0.25) is 4.79 Å². The summed E-state index contributed by atoms with van der Waals surface area (Å²) in [6.45, 7) is 1.34. The van der Waals surface area contributed by atoms with Crippen molar-refractivity contribution in [3.8, 4) is 11.5 Å². The fourth-order valence-corrected chi connectivity index (χ4v) is 2.34. The number of hydrogen-bond donors (Lipinski definition) is 0. The largest absolute Gasteiger partial charge is 0.493 e. The molecule has 0 atom stereocenters. The van der Waals surface area contributed by atoms with Crippen LogP contribution in [0.1, 0.15) is 6.42 Å². The third kappa shape index (κ3) is 3.56. The first-order chi connectivity index (χ1) is 9.24. The molecule has 19 heavy (non-hydrogen) atoms. The highest BCUT2D eigenvalue weighted by Crippen LogP contribution is 2.28. The summed E-state index contributed by atoms with van der Waals surface area (Å²) in [6, 6.07) is 7.58. The number of nitrogens with zero attached hydrogens (tertiary/aromatic N) is 1. The van der Waals surface area contributed by atoms with Gasteiger partial charge in [0.05, 0.1) is 20.2 Å². The molecular weight excluding hydrogens is 262 g/mol. The van der Waals surface area contributed by atoms with E-state index < -0.39 is 0 Å². The number of amides is 1. The SMILES string of the molecule is COc1ccccc1OC1CN(C(=O)CCSC)C1.